The van der Waals surface area contributed by atoms with Crippen LogP contribution in [0.3, 0.4) is 0 Å². The third kappa shape index (κ3) is 12.9. The molecule has 4 aromatic heterocycles. The molecule has 0 aliphatic carbocycles. The van der Waals surface area contributed by atoms with Crippen molar-refractivity contribution in [3.63, 3.8) is 0 Å². The van der Waals surface area contributed by atoms with Crippen LogP contribution in [-0.4, -0.2) is 25.0 Å². The van der Waals surface area contributed by atoms with Crippen LogP contribution in [0, 0.1) is 0 Å². The molecule has 2 aliphatic rings. The fraction of sp³-hybridized carbons (Fsp3) is 0.143. The molecule has 6 heterocycles. The van der Waals surface area contributed by atoms with Crippen LogP contribution in [0.25, 0.3) is 143 Å². The minimum absolute atomic E-state index is 0.0694. The summed E-state index contributed by atoms with van der Waals surface area (Å²) in [5.41, 5.74) is 33.1. The third-order valence-corrected chi connectivity index (χ3v) is 27.0. The van der Waals surface area contributed by atoms with Crippen LogP contribution in [-0.2, 0) is 48.8 Å². The smallest absolute Gasteiger partial charge is 0.252 e. The van der Waals surface area contributed by atoms with Crippen molar-refractivity contribution in [2.24, 2.45) is 0 Å². The molecule has 17 aromatic carbocycles. The summed E-state index contributed by atoms with van der Waals surface area (Å²) < 4.78 is 83.6. The highest BCUT2D eigenvalue weighted by Gasteiger charge is 2.44. The van der Waals surface area contributed by atoms with Crippen molar-refractivity contribution in [1.29, 1.82) is 0 Å². The molecule has 2 aliphatic heterocycles. The molecule has 126 heavy (non-hydrogen) atoms. The average Bonchev–Trinajstić information content (AvgIpc) is 0.921. The standard InChI is InChI=1S/C119H99BN6/c1-117(2,3)86-51-57-110-98(68-86)99-69-87(118(4,5)6)52-58-111(99)126(110)90-53-56-103-113(73-90)123(74-78-62-84(80-32-14-10-15-33-80)67-85(63-78)81-34-16-11-17-35-81)114-65-79(75-122-106-47-29-24-44-95(106)100-72-89(54-59-107(100)122)125-108-48-30-25-42-93(108)94-43-26-31-49-109(94)125)66-115-116(114)120(103)102-55-50-77(60-61-121-104-45-27-22-40-91(104)92-41-23-28-46-105(92)121)64-112(102)124(115)76-101-96(82-36-18-12-19-37-82)70-88(119(7,8)9)71-97(101)83-38-20-13-21-39-83/h10-59,62-73H,60-61,74-76H2,1-9H3/i22D,23D,27D,28D,40D,41D,45D,46D. The second-order valence-electron chi connectivity index (χ2n) is 37.8. The van der Waals surface area contributed by atoms with Gasteiger partial charge in [-0.25, -0.2) is 0 Å². The minimum Gasteiger partial charge on any atom is -0.340 e. The number of nitrogens with zero attached hydrogens (tertiary/aromatic N) is 6. The molecule has 0 bridgehead atoms. The predicted molar refractivity (Wildman–Crippen MR) is 537 cm³/mol. The van der Waals surface area contributed by atoms with Crippen LogP contribution in [0.5, 0.6) is 0 Å². The van der Waals surface area contributed by atoms with Gasteiger partial charge in [0.05, 0.1) is 33.0 Å². The number of rotatable bonds is 15. The molecule has 0 spiro atoms. The van der Waals surface area contributed by atoms with E-state index in [0.29, 0.717) is 26.1 Å². The van der Waals surface area contributed by atoms with Crippen molar-refractivity contribution in [2.75, 3.05) is 9.80 Å². The summed E-state index contributed by atoms with van der Waals surface area (Å²) in [6.07, 6.45) is 0.305. The van der Waals surface area contributed by atoms with Gasteiger partial charge in [0, 0.05) is 125 Å². The first-order valence-corrected chi connectivity index (χ1v) is 44.3. The van der Waals surface area contributed by atoms with E-state index in [1.165, 1.54) is 43.7 Å². The van der Waals surface area contributed by atoms with Gasteiger partial charge < -0.3 is 28.1 Å². The molecule has 0 radical (unpaired) electrons. The van der Waals surface area contributed by atoms with Crippen molar-refractivity contribution in [2.45, 2.75) is 111 Å². The van der Waals surface area contributed by atoms with E-state index in [-0.39, 0.29) is 75.5 Å². The van der Waals surface area contributed by atoms with Crippen LogP contribution < -0.4 is 26.2 Å². The first-order valence-electron chi connectivity index (χ1n) is 48.3. The van der Waals surface area contributed by atoms with Crippen LogP contribution >= 0.6 is 0 Å². The van der Waals surface area contributed by atoms with Crippen LogP contribution in [0.2, 0.25) is 0 Å². The molecule has 0 unspecified atom stereocenters. The van der Waals surface area contributed by atoms with Crippen LogP contribution in [0.4, 0.5) is 22.7 Å². The zero-order chi connectivity index (χ0) is 92.0. The van der Waals surface area contributed by atoms with Gasteiger partial charge >= 0.3 is 0 Å². The molecular weight excluding hydrogens is 1520 g/mol. The molecule has 608 valence electrons. The number of para-hydroxylation sites is 5. The Balaban J connectivity index is 0.820. The van der Waals surface area contributed by atoms with Gasteiger partial charge in [-0.15, -0.1) is 0 Å². The number of aromatic nitrogens is 4. The highest BCUT2D eigenvalue weighted by molar-refractivity contribution is 7.00. The van der Waals surface area contributed by atoms with Crippen molar-refractivity contribution >= 4 is 133 Å². The van der Waals surface area contributed by atoms with Crippen molar-refractivity contribution in [3.05, 3.63) is 415 Å². The van der Waals surface area contributed by atoms with E-state index in [4.69, 9.17) is 5.48 Å². The van der Waals surface area contributed by atoms with Gasteiger partial charge in [-0.1, -0.05) is 317 Å². The number of fused-ring (bicyclic) bond motifs is 16. The Morgan fingerprint density at radius 2 is 0.675 bits per heavy atom. The monoisotopic (exact) mass is 1630 g/mol. The summed E-state index contributed by atoms with van der Waals surface area (Å²) in [5, 5.41) is 7.26. The van der Waals surface area contributed by atoms with Gasteiger partial charge in [-0.05, 0) is 244 Å². The number of benzene rings is 17. The zero-order valence-electron chi connectivity index (χ0n) is 80.5. The number of aryl methyl sites for hydroxylation is 2. The highest BCUT2D eigenvalue weighted by atomic mass is 15.2. The van der Waals surface area contributed by atoms with Crippen LogP contribution in [0.15, 0.2) is 376 Å². The van der Waals surface area contributed by atoms with Gasteiger partial charge in [0.2, 0.25) is 0 Å². The molecule has 0 N–H and O–H groups in total. The molecular formula is C119H99BN6. The fourth-order valence-corrected chi connectivity index (χ4v) is 20.6. The molecule has 0 fully saturated rings. The number of anilines is 4. The van der Waals surface area contributed by atoms with Gasteiger partial charge in [-0.2, -0.15) is 0 Å². The maximum Gasteiger partial charge on any atom is 0.252 e. The maximum absolute atomic E-state index is 9.64. The van der Waals surface area contributed by atoms with E-state index in [9.17, 15) is 5.48 Å². The molecule has 6 nitrogen and oxygen atoms in total. The van der Waals surface area contributed by atoms with Gasteiger partial charge in [0.1, 0.15) is 0 Å². The Kier molecular flexibility index (Phi) is 16.0. The molecule has 21 aromatic rings. The first kappa shape index (κ1) is 68.1. The number of hydrogen-bond donors (Lipinski definition) is 0. The molecule has 23 rings (SSSR count). The Labute approximate surface area is 749 Å². The number of hydrogen-bond acceptors (Lipinski definition) is 2. The van der Waals surface area contributed by atoms with Gasteiger partial charge in [0.15, 0.2) is 0 Å². The lowest BCUT2D eigenvalue weighted by Gasteiger charge is -2.45. The summed E-state index contributed by atoms with van der Waals surface area (Å²) in [5.74, 6) is 0. The van der Waals surface area contributed by atoms with Crippen molar-refractivity contribution in [1.82, 2.24) is 18.3 Å². The van der Waals surface area contributed by atoms with E-state index in [2.05, 4.69) is 413 Å². The quantitative estimate of drug-likeness (QED) is 0.0956. The topological polar surface area (TPSA) is 26.2 Å². The summed E-state index contributed by atoms with van der Waals surface area (Å²) in [7, 11) is 0. The second kappa shape index (κ2) is 29.7. The zero-order valence-corrected chi connectivity index (χ0v) is 72.5. The Hall–Kier alpha value is -14.4. The van der Waals surface area contributed by atoms with Crippen molar-refractivity contribution in [3.8, 4) is 55.9 Å². The van der Waals surface area contributed by atoms with Crippen molar-refractivity contribution < 1.29 is 11.0 Å². The van der Waals surface area contributed by atoms with E-state index in [1.54, 1.807) is 4.57 Å². The van der Waals surface area contributed by atoms with E-state index >= 15 is 0 Å². The summed E-state index contributed by atoms with van der Waals surface area (Å²) >= 11 is 0. The molecule has 0 amide bonds. The second-order valence-corrected chi connectivity index (χ2v) is 37.8. The average molecular weight is 1630 g/mol. The fourth-order valence-electron chi connectivity index (χ4n) is 20.6. The summed E-state index contributed by atoms with van der Waals surface area (Å²) in [4.78, 5) is 5.29. The summed E-state index contributed by atoms with van der Waals surface area (Å²) in [6.45, 7) is 21.8. The predicted octanol–water partition coefficient (Wildman–Crippen LogP) is 28.8. The van der Waals surface area contributed by atoms with Gasteiger partial charge in [-0.3, -0.25) is 0 Å². The van der Waals surface area contributed by atoms with E-state index in [0.717, 1.165) is 156 Å². The first-order chi connectivity index (χ1) is 64.7. The lowest BCUT2D eigenvalue weighted by atomic mass is 9.33. The lowest BCUT2D eigenvalue weighted by molar-refractivity contribution is 0.590. The minimum atomic E-state index is -0.469. The van der Waals surface area contributed by atoms with E-state index < -0.39 is 24.2 Å². The largest absolute Gasteiger partial charge is 0.340 e. The van der Waals surface area contributed by atoms with Crippen LogP contribution in [0.1, 0.15) is 112 Å². The Morgan fingerprint density at radius 1 is 0.270 bits per heavy atom. The lowest BCUT2D eigenvalue weighted by Crippen LogP contribution is -2.62. The highest BCUT2D eigenvalue weighted by Crippen LogP contribution is 2.48. The Bertz CT molecular complexity index is 8140. The Morgan fingerprint density at radius 3 is 1.21 bits per heavy atom. The molecule has 0 saturated carbocycles. The summed E-state index contributed by atoms with van der Waals surface area (Å²) in [6, 6.07) is 119. The van der Waals surface area contributed by atoms with Gasteiger partial charge in [0.25, 0.3) is 6.71 Å². The van der Waals surface area contributed by atoms with E-state index in [1.807, 2.05) is 0 Å². The molecule has 0 atom stereocenters. The SMILES string of the molecule is [2H]c1c([2H])c([2H])c2c(c1[2H])c1c([2H])c([2H])c([2H])c([2H])c1n2CCc1ccc2c(c1)N(Cc1c(-c3ccccc3)cc(C(C)(C)C)cc1-c1ccccc1)c1cc(Cn3c4ccccc4c4cc(-n5c6ccccc6c6ccccc65)ccc43)cc3c1B2c1ccc(-n2c4ccc(C(C)(C)C)cc4c4cc(C(C)(C)C)ccc42)cc1N3Cc1cc(-c2ccccc2)cc(-c2ccccc2)c1. The molecule has 7 heteroatoms. The normalized spacial score (nSPS) is 13.8. The maximum atomic E-state index is 9.64. The third-order valence-electron chi connectivity index (χ3n) is 27.0. The molecule has 0 saturated heterocycles.